The van der Waals surface area contributed by atoms with Gasteiger partial charge in [0.05, 0.1) is 14.2 Å². The Morgan fingerprint density at radius 2 is 0.973 bits per heavy atom. The summed E-state index contributed by atoms with van der Waals surface area (Å²) in [4.78, 5) is 25.0. The standard InChI is InChI=1S/C28H24N2O7/c1-35-25-13-7-19(15-23(25)31)29-27(33)17-3-9-21(10-4-17)37-22-11-5-18(6-12-22)28(34)30-20-8-14-26(36-2)24(32)16-20/h3-16,31-32H,1-2H3,(H,29,33)(H,30,34). The molecule has 0 radical (unpaired) electrons. The van der Waals surface area contributed by atoms with E-state index in [1.54, 1.807) is 72.8 Å². The van der Waals surface area contributed by atoms with Gasteiger partial charge in [-0.15, -0.1) is 0 Å². The molecule has 0 aliphatic rings. The van der Waals surface area contributed by atoms with Crippen molar-refractivity contribution in [3.8, 4) is 34.5 Å². The number of hydrogen-bond donors (Lipinski definition) is 4. The fourth-order valence-electron chi connectivity index (χ4n) is 3.43. The van der Waals surface area contributed by atoms with Crippen molar-refractivity contribution < 1.29 is 34.0 Å². The van der Waals surface area contributed by atoms with E-state index in [4.69, 9.17) is 14.2 Å². The van der Waals surface area contributed by atoms with E-state index in [2.05, 4.69) is 10.6 Å². The number of carbonyl (C=O) groups excluding carboxylic acids is 2. The van der Waals surface area contributed by atoms with E-state index in [-0.39, 0.29) is 23.3 Å². The fraction of sp³-hybridized carbons (Fsp3) is 0.0714. The molecule has 4 N–H and O–H groups in total. The van der Waals surface area contributed by atoms with Crippen molar-refractivity contribution in [3.63, 3.8) is 0 Å². The first-order valence-electron chi connectivity index (χ1n) is 11.1. The van der Waals surface area contributed by atoms with E-state index in [1.165, 1.54) is 26.4 Å². The number of rotatable bonds is 8. The molecule has 9 heteroatoms. The molecule has 0 atom stereocenters. The van der Waals surface area contributed by atoms with Crippen molar-refractivity contribution in [2.24, 2.45) is 0 Å². The summed E-state index contributed by atoms with van der Waals surface area (Å²) in [5, 5.41) is 25.1. The number of nitrogens with one attached hydrogen (secondary N) is 2. The number of carbonyl (C=O) groups is 2. The number of hydrogen-bond acceptors (Lipinski definition) is 7. The highest BCUT2D eigenvalue weighted by atomic mass is 16.5. The Balaban J connectivity index is 1.35. The monoisotopic (exact) mass is 500 g/mol. The van der Waals surface area contributed by atoms with Crippen molar-refractivity contribution in [3.05, 3.63) is 96.1 Å². The van der Waals surface area contributed by atoms with Crippen molar-refractivity contribution >= 4 is 23.2 Å². The van der Waals surface area contributed by atoms with E-state index in [1.807, 2.05) is 0 Å². The lowest BCUT2D eigenvalue weighted by molar-refractivity contribution is 0.101. The van der Waals surface area contributed by atoms with Crippen LogP contribution in [0.2, 0.25) is 0 Å². The van der Waals surface area contributed by atoms with E-state index >= 15 is 0 Å². The number of phenolic OH excluding ortho intramolecular Hbond substituents is 2. The van der Waals surface area contributed by atoms with Gasteiger partial charge in [-0.25, -0.2) is 0 Å². The van der Waals surface area contributed by atoms with Gasteiger partial charge >= 0.3 is 0 Å². The number of ether oxygens (including phenoxy) is 3. The van der Waals surface area contributed by atoms with Crippen LogP contribution >= 0.6 is 0 Å². The van der Waals surface area contributed by atoms with E-state index in [0.29, 0.717) is 45.5 Å². The summed E-state index contributed by atoms with van der Waals surface area (Å²) < 4.78 is 15.8. The van der Waals surface area contributed by atoms with Gasteiger partial charge in [-0.3, -0.25) is 9.59 Å². The number of benzene rings is 4. The molecule has 0 unspecified atom stereocenters. The number of aromatic hydroxyl groups is 2. The first-order valence-corrected chi connectivity index (χ1v) is 11.1. The molecular weight excluding hydrogens is 476 g/mol. The van der Waals surface area contributed by atoms with E-state index < -0.39 is 0 Å². The smallest absolute Gasteiger partial charge is 0.255 e. The van der Waals surface area contributed by atoms with Crippen molar-refractivity contribution in [2.45, 2.75) is 0 Å². The maximum Gasteiger partial charge on any atom is 0.255 e. The highest BCUT2D eigenvalue weighted by Gasteiger charge is 2.11. The highest BCUT2D eigenvalue weighted by molar-refractivity contribution is 6.05. The zero-order valence-electron chi connectivity index (χ0n) is 20.0. The van der Waals surface area contributed by atoms with Crippen molar-refractivity contribution in [1.82, 2.24) is 0 Å². The lowest BCUT2D eigenvalue weighted by atomic mass is 10.2. The molecule has 0 saturated heterocycles. The SMILES string of the molecule is COc1ccc(NC(=O)c2ccc(Oc3ccc(C(=O)Nc4ccc(OC)c(O)c4)cc3)cc2)cc1O. The third-order valence-corrected chi connectivity index (χ3v) is 5.34. The van der Waals surface area contributed by atoms with Gasteiger partial charge < -0.3 is 35.1 Å². The number of anilines is 2. The average molecular weight is 501 g/mol. The summed E-state index contributed by atoms with van der Waals surface area (Å²) in [6, 6.07) is 22.2. The Bertz CT molecular complexity index is 1310. The second-order valence-corrected chi connectivity index (χ2v) is 7.83. The predicted octanol–water partition coefficient (Wildman–Crippen LogP) is 5.41. The quantitative estimate of drug-likeness (QED) is 0.255. The van der Waals surface area contributed by atoms with Gasteiger partial charge in [0.25, 0.3) is 11.8 Å². The number of phenols is 2. The Hall–Kier alpha value is -5.18. The molecule has 0 aliphatic heterocycles. The molecule has 4 rings (SSSR count). The lowest BCUT2D eigenvalue weighted by Crippen LogP contribution is -2.11. The van der Waals surface area contributed by atoms with Crippen molar-refractivity contribution in [1.29, 1.82) is 0 Å². The molecule has 4 aromatic rings. The highest BCUT2D eigenvalue weighted by Crippen LogP contribution is 2.30. The minimum Gasteiger partial charge on any atom is -0.504 e. The summed E-state index contributed by atoms with van der Waals surface area (Å²) in [6.45, 7) is 0. The summed E-state index contributed by atoms with van der Waals surface area (Å²) >= 11 is 0. The van der Waals surface area contributed by atoms with Crippen LogP contribution in [0, 0.1) is 0 Å². The van der Waals surface area contributed by atoms with E-state index in [0.717, 1.165) is 0 Å². The maximum atomic E-state index is 12.5. The van der Waals surface area contributed by atoms with Gasteiger partial charge in [0.15, 0.2) is 23.0 Å². The largest absolute Gasteiger partial charge is 0.504 e. The molecule has 0 bridgehead atoms. The van der Waals surface area contributed by atoms with E-state index in [9.17, 15) is 19.8 Å². The maximum absolute atomic E-state index is 12.5. The predicted molar refractivity (Wildman–Crippen MR) is 138 cm³/mol. The zero-order chi connectivity index (χ0) is 26.4. The fourth-order valence-corrected chi connectivity index (χ4v) is 3.43. The summed E-state index contributed by atoms with van der Waals surface area (Å²) in [5.41, 5.74) is 1.66. The molecule has 0 fully saturated rings. The molecule has 188 valence electrons. The molecular formula is C28H24N2O7. The van der Waals surface area contributed by atoms with Crippen molar-refractivity contribution in [2.75, 3.05) is 24.9 Å². The minimum atomic E-state index is -0.350. The molecule has 2 amide bonds. The topological polar surface area (TPSA) is 126 Å². The molecule has 0 heterocycles. The molecule has 0 aliphatic carbocycles. The number of amides is 2. The van der Waals surface area contributed by atoms with Crippen LogP contribution in [0.5, 0.6) is 34.5 Å². The molecule has 37 heavy (non-hydrogen) atoms. The normalized spacial score (nSPS) is 10.3. The minimum absolute atomic E-state index is 0.0763. The van der Waals surface area contributed by atoms with Crippen LogP contribution in [-0.4, -0.2) is 36.2 Å². The zero-order valence-corrected chi connectivity index (χ0v) is 20.0. The second-order valence-electron chi connectivity index (χ2n) is 7.83. The van der Waals surface area contributed by atoms with Crippen LogP contribution in [0.3, 0.4) is 0 Å². The lowest BCUT2D eigenvalue weighted by Gasteiger charge is -2.10. The molecule has 0 saturated carbocycles. The molecule has 9 nitrogen and oxygen atoms in total. The van der Waals surface area contributed by atoms with Crippen LogP contribution in [0.1, 0.15) is 20.7 Å². The third kappa shape index (κ3) is 6.09. The summed E-state index contributed by atoms with van der Waals surface area (Å²) in [6.07, 6.45) is 0. The van der Waals surface area contributed by atoms with Crippen LogP contribution in [-0.2, 0) is 0 Å². The average Bonchev–Trinajstić information content (AvgIpc) is 2.90. The Morgan fingerprint density at radius 1 is 0.595 bits per heavy atom. The van der Waals surface area contributed by atoms with Gasteiger partial charge in [0.2, 0.25) is 0 Å². The van der Waals surface area contributed by atoms with Crippen LogP contribution in [0.15, 0.2) is 84.9 Å². The second kappa shape index (κ2) is 11.0. The summed E-state index contributed by atoms with van der Waals surface area (Å²) in [5.74, 6) is 0.777. The van der Waals surface area contributed by atoms with Crippen LogP contribution in [0.4, 0.5) is 11.4 Å². The molecule has 0 spiro atoms. The van der Waals surface area contributed by atoms with Gasteiger partial charge in [0, 0.05) is 34.6 Å². The van der Waals surface area contributed by atoms with Gasteiger partial charge in [-0.2, -0.15) is 0 Å². The molecule has 0 aromatic heterocycles. The first-order chi connectivity index (χ1) is 17.9. The van der Waals surface area contributed by atoms with Crippen LogP contribution in [0.25, 0.3) is 0 Å². The Labute approximate surface area is 212 Å². The Morgan fingerprint density at radius 3 is 1.30 bits per heavy atom. The van der Waals surface area contributed by atoms with Gasteiger partial charge in [-0.1, -0.05) is 0 Å². The van der Waals surface area contributed by atoms with Gasteiger partial charge in [0.1, 0.15) is 11.5 Å². The molecule has 4 aromatic carbocycles. The summed E-state index contributed by atoms with van der Waals surface area (Å²) in [7, 11) is 2.89. The third-order valence-electron chi connectivity index (χ3n) is 5.34. The van der Waals surface area contributed by atoms with Gasteiger partial charge in [-0.05, 0) is 72.8 Å². The van der Waals surface area contributed by atoms with Crippen LogP contribution < -0.4 is 24.8 Å². The first kappa shape index (κ1) is 24.9. The number of methoxy groups -OCH3 is 2. The Kier molecular flexibility index (Phi) is 7.44.